The monoisotopic (exact) mass is 353 g/mol. The van der Waals surface area contributed by atoms with Crippen LogP contribution < -0.4 is 5.32 Å². The number of fused-ring (bicyclic) bond motifs is 2. The first-order chi connectivity index (χ1) is 10.2. The molecule has 2 saturated carbocycles. The molecule has 2 aliphatic carbocycles. The topological polar surface area (TPSA) is 21.3 Å². The molecule has 1 heterocycles. The van der Waals surface area contributed by atoms with Gasteiger partial charge in [-0.15, -0.1) is 0 Å². The Labute approximate surface area is 133 Å². The Morgan fingerprint density at radius 1 is 1.29 bits per heavy atom. The van der Waals surface area contributed by atoms with E-state index in [0.29, 0.717) is 23.5 Å². The third-order valence-electron chi connectivity index (χ3n) is 5.73. The maximum absolute atomic E-state index is 13.5. The SMILES string of the molecule is Fc1cc(Br)cc(CN[C@@H]2[C@@H]3CCO[C@H]3C23CCCC3)c1. The fraction of sp³-hybridized carbons (Fsp3) is 0.647. The van der Waals surface area contributed by atoms with Crippen LogP contribution in [0.1, 0.15) is 37.7 Å². The smallest absolute Gasteiger partial charge is 0.124 e. The van der Waals surface area contributed by atoms with E-state index in [9.17, 15) is 4.39 Å². The molecular formula is C17H21BrFNO. The van der Waals surface area contributed by atoms with Gasteiger partial charge in [-0.05, 0) is 43.0 Å². The van der Waals surface area contributed by atoms with Gasteiger partial charge in [0.05, 0.1) is 6.10 Å². The minimum Gasteiger partial charge on any atom is -0.377 e. The van der Waals surface area contributed by atoms with Crippen LogP contribution in [-0.2, 0) is 11.3 Å². The number of rotatable bonds is 3. The van der Waals surface area contributed by atoms with E-state index in [4.69, 9.17) is 4.74 Å². The largest absolute Gasteiger partial charge is 0.377 e. The van der Waals surface area contributed by atoms with Gasteiger partial charge >= 0.3 is 0 Å². The maximum Gasteiger partial charge on any atom is 0.124 e. The highest BCUT2D eigenvalue weighted by molar-refractivity contribution is 9.10. The normalized spacial score (nSPS) is 33.1. The molecule has 4 rings (SSSR count). The minimum atomic E-state index is -0.174. The van der Waals surface area contributed by atoms with Crippen LogP contribution in [0, 0.1) is 17.2 Å². The first-order valence-electron chi connectivity index (χ1n) is 7.99. The van der Waals surface area contributed by atoms with Crippen molar-refractivity contribution in [2.24, 2.45) is 11.3 Å². The lowest BCUT2D eigenvalue weighted by Gasteiger charge is -2.57. The molecule has 114 valence electrons. The molecule has 0 amide bonds. The Morgan fingerprint density at radius 2 is 2.10 bits per heavy atom. The molecule has 0 bridgehead atoms. The molecule has 0 aromatic heterocycles. The number of ether oxygens (including phenoxy) is 1. The van der Waals surface area contributed by atoms with E-state index in [-0.39, 0.29) is 5.82 Å². The lowest BCUT2D eigenvalue weighted by atomic mass is 9.54. The highest BCUT2D eigenvalue weighted by atomic mass is 79.9. The molecule has 1 aromatic carbocycles. The summed E-state index contributed by atoms with van der Waals surface area (Å²) in [5, 5.41) is 3.73. The summed E-state index contributed by atoms with van der Waals surface area (Å²) in [5.74, 6) is 0.493. The van der Waals surface area contributed by atoms with Crippen molar-refractivity contribution in [3.8, 4) is 0 Å². The first-order valence-corrected chi connectivity index (χ1v) is 8.78. The molecule has 3 atom stereocenters. The Kier molecular flexibility index (Phi) is 3.59. The molecule has 0 unspecified atom stereocenters. The van der Waals surface area contributed by atoms with Gasteiger partial charge < -0.3 is 10.1 Å². The molecule has 3 fully saturated rings. The molecule has 1 saturated heterocycles. The maximum atomic E-state index is 13.5. The molecular weight excluding hydrogens is 333 g/mol. The van der Waals surface area contributed by atoms with Crippen molar-refractivity contribution in [1.29, 1.82) is 0 Å². The van der Waals surface area contributed by atoms with Gasteiger partial charge in [0, 0.05) is 35.0 Å². The van der Waals surface area contributed by atoms with E-state index in [1.807, 2.05) is 6.07 Å². The molecule has 21 heavy (non-hydrogen) atoms. The molecule has 1 N–H and O–H groups in total. The number of halogens is 2. The molecule has 1 aliphatic heterocycles. The zero-order valence-electron chi connectivity index (χ0n) is 12.1. The standard InChI is InChI=1S/C17H21BrFNO/c18-12-7-11(8-13(19)9-12)10-20-15-14-3-6-21-16(14)17(15)4-1-2-5-17/h7-9,14-16,20H,1-6,10H2/t14-,15+,16+/m0/s1. The van der Waals surface area contributed by atoms with E-state index in [1.54, 1.807) is 6.07 Å². The summed E-state index contributed by atoms with van der Waals surface area (Å²) >= 11 is 3.37. The van der Waals surface area contributed by atoms with Crippen LogP contribution in [-0.4, -0.2) is 18.8 Å². The molecule has 1 aromatic rings. The number of hydrogen-bond donors (Lipinski definition) is 1. The van der Waals surface area contributed by atoms with Crippen molar-refractivity contribution in [2.45, 2.75) is 50.8 Å². The van der Waals surface area contributed by atoms with Gasteiger partial charge in [-0.25, -0.2) is 4.39 Å². The second-order valence-corrected chi connectivity index (χ2v) is 7.74. The van der Waals surface area contributed by atoms with Gasteiger partial charge in [0.1, 0.15) is 5.82 Å². The lowest BCUT2D eigenvalue weighted by Crippen LogP contribution is -2.67. The van der Waals surface area contributed by atoms with Gasteiger partial charge in [0.15, 0.2) is 0 Å². The minimum absolute atomic E-state index is 0.174. The van der Waals surface area contributed by atoms with E-state index in [2.05, 4.69) is 21.2 Å². The van der Waals surface area contributed by atoms with Crippen LogP contribution >= 0.6 is 15.9 Å². The van der Waals surface area contributed by atoms with Crippen LogP contribution in [0.15, 0.2) is 22.7 Å². The molecule has 0 radical (unpaired) electrons. The summed E-state index contributed by atoms with van der Waals surface area (Å²) in [4.78, 5) is 0. The third kappa shape index (κ3) is 2.27. The van der Waals surface area contributed by atoms with Crippen molar-refractivity contribution in [1.82, 2.24) is 5.32 Å². The molecule has 2 nitrogen and oxygen atoms in total. The summed E-state index contributed by atoms with van der Waals surface area (Å²) in [6.45, 7) is 1.66. The summed E-state index contributed by atoms with van der Waals surface area (Å²) in [7, 11) is 0. The average molecular weight is 354 g/mol. The van der Waals surface area contributed by atoms with E-state index in [1.165, 1.54) is 38.2 Å². The van der Waals surface area contributed by atoms with E-state index >= 15 is 0 Å². The Morgan fingerprint density at radius 3 is 2.86 bits per heavy atom. The number of hydrogen-bond acceptors (Lipinski definition) is 2. The summed E-state index contributed by atoms with van der Waals surface area (Å²) < 4.78 is 20.3. The van der Waals surface area contributed by atoms with Crippen molar-refractivity contribution in [3.05, 3.63) is 34.1 Å². The van der Waals surface area contributed by atoms with Crippen molar-refractivity contribution >= 4 is 15.9 Å². The quantitative estimate of drug-likeness (QED) is 0.885. The first kappa shape index (κ1) is 14.2. The number of benzene rings is 1. The predicted molar refractivity (Wildman–Crippen MR) is 83.5 cm³/mol. The zero-order valence-corrected chi connectivity index (χ0v) is 13.7. The zero-order chi connectivity index (χ0) is 14.4. The Balaban J connectivity index is 1.48. The Bertz CT molecular complexity index is 523. The van der Waals surface area contributed by atoms with Gasteiger partial charge in [-0.3, -0.25) is 0 Å². The summed E-state index contributed by atoms with van der Waals surface area (Å²) in [6, 6.07) is 5.68. The molecule has 4 heteroatoms. The second kappa shape index (κ2) is 5.32. The average Bonchev–Trinajstić information content (AvgIpc) is 3.04. The van der Waals surface area contributed by atoms with Crippen LogP contribution in [0.2, 0.25) is 0 Å². The molecule has 1 spiro atoms. The van der Waals surface area contributed by atoms with Crippen LogP contribution in [0.25, 0.3) is 0 Å². The fourth-order valence-corrected chi connectivity index (χ4v) is 5.46. The Hall–Kier alpha value is -0.450. The van der Waals surface area contributed by atoms with Crippen LogP contribution in [0.5, 0.6) is 0 Å². The van der Waals surface area contributed by atoms with Crippen molar-refractivity contribution < 1.29 is 9.13 Å². The van der Waals surface area contributed by atoms with Crippen molar-refractivity contribution in [3.63, 3.8) is 0 Å². The van der Waals surface area contributed by atoms with Crippen molar-refractivity contribution in [2.75, 3.05) is 6.61 Å². The van der Waals surface area contributed by atoms with Crippen LogP contribution in [0.4, 0.5) is 4.39 Å². The van der Waals surface area contributed by atoms with E-state index in [0.717, 1.165) is 23.2 Å². The highest BCUT2D eigenvalue weighted by Crippen LogP contribution is 2.60. The second-order valence-electron chi connectivity index (χ2n) is 6.82. The highest BCUT2D eigenvalue weighted by Gasteiger charge is 2.64. The number of nitrogens with one attached hydrogen (secondary N) is 1. The predicted octanol–water partition coefficient (Wildman–Crippen LogP) is 4.03. The summed E-state index contributed by atoms with van der Waals surface area (Å²) in [5.41, 5.74) is 1.38. The molecule has 3 aliphatic rings. The van der Waals surface area contributed by atoms with Gasteiger partial charge in [-0.2, -0.15) is 0 Å². The van der Waals surface area contributed by atoms with Gasteiger partial charge in [-0.1, -0.05) is 28.8 Å². The third-order valence-corrected chi connectivity index (χ3v) is 6.19. The van der Waals surface area contributed by atoms with Gasteiger partial charge in [0.2, 0.25) is 0 Å². The van der Waals surface area contributed by atoms with Crippen LogP contribution in [0.3, 0.4) is 0 Å². The van der Waals surface area contributed by atoms with Gasteiger partial charge in [0.25, 0.3) is 0 Å². The fourth-order valence-electron chi connectivity index (χ4n) is 4.95. The summed E-state index contributed by atoms with van der Waals surface area (Å²) in [6.07, 6.45) is 6.90. The lowest BCUT2D eigenvalue weighted by molar-refractivity contribution is -0.130. The van der Waals surface area contributed by atoms with E-state index < -0.39 is 0 Å².